The summed E-state index contributed by atoms with van der Waals surface area (Å²) in [4.78, 5) is 27.6. The van der Waals surface area contributed by atoms with Crippen LogP contribution in [0.4, 0.5) is 0 Å². The van der Waals surface area contributed by atoms with Gasteiger partial charge in [-0.1, -0.05) is 6.08 Å². The summed E-state index contributed by atoms with van der Waals surface area (Å²) in [5.41, 5.74) is 2.74. The number of esters is 1. The fourth-order valence-electron chi connectivity index (χ4n) is 2.69. The Morgan fingerprint density at radius 2 is 1.69 bits per heavy atom. The molecule has 0 spiro atoms. The third-order valence-electron chi connectivity index (χ3n) is 3.96. The number of rotatable bonds is 7. The van der Waals surface area contributed by atoms with Gasteiger partial charge in [0.2, 0.25) is 5.78 Å². The highest BCUT2D eigenvalue weighted by Crippen LogP contribution is 2.24. The second-order valence-electron chi connectivity index (χ2n) is 5.69. The Morgan fingerprint density at radius 3 is 2.23 bits per heavy atom. The third kappa shape index (κ3) is 4.14. The van der Waals surface area contributed by atoms with Gasteiger partial charge in [-0.05, 0) is 50.1 Å². The van der Waals surface area contributed by atoms with Crippen LogP contribution < -0.4 is 9.47 Å². The van der Waals surface area contributed by atoms with Gasteiger partial charge < -0.3 is 19.2 Å². The first-order valence-corrected chi connectivity index (χ1v) is 8.23. The Balaban J connectivity index is 2.29. The average Bonchev–Trinajstić information content (AvgIpc) is 2.93. The van der Waals surface area contributed by atoms with Crippen LogP contribution in [-0.2, 0) is 4.74 Å². The molecule has 0 atom stereocenters. The minimum absolute atomic E-state index is 0.233. The molecule has 138 valence electrons. The summed E-state index contributed by atoms with van der Waals surface area (Å²) in [5, 5.41) is 0. The van der Waals surface area contributed by atoms with Gasteiger partial charge in [-0.2, -0.15) is 0 Å². The SMILES string of the molecule is CCOC(=O)c1c(C)[nH]c(C(=O)/C=C/c2cc(OC)cc(OC)c2)c1C. The molecule has 2 rings (SSSR count). The van der Waals surface area contributed by atoms with Crippen molar-refractivity contribution in [3.8, 4) is 11.5 Å². The quantitative estimate of drug-likeness (QED) is 0.464. The summed E-state index contributed by atoms with van der Waals surface area (Å²) in [6, 6.07) is 5.34. The molecule has 2 aromatic rings. The number of hydrogen-bond acceptors (Lipinski definition) is 5. The topological polar surface area (TPSA) is 77.6 Å². The highest BCUT2D eigenvalue weighted by atomic mass is 16.5. The molecule has 0 fully saturated rings. The number of allylic oxidation sites excluding steroid dienone is 1. The number of hydrogen-bond donors (Lipinski definition) is 1. The van der Waals surface area contributed by atoms with E-state index in [1.165, 1.54) is 6.08 Å². The standard InChI is InChI=1S/C20H23NO5/c1-6-26-20(23)18-12(2)19(21-13(18)3)17(22)8-7-14-9-15(24-4)11-16(10-14)25-5/h7-11,21H,6H2,1-5H3/b8-7+. The van der Waals surface area contributed by atoms with Crippen molar-refractivity contribution in [2.75, 3.05) is 20.8 Å². The van der Waals surface area contributed by atoms with Gasteiger partial charge in [0, 0.05) is 11.8 Å². The fourth-order valence-corrected chi connectivity index (χ4v) is 2.69. The highest BCUT2D eigenvalue weighted by molar-refractivity contribution is 6.08. The molecule has 6 heteroatoms. The van der Waals surface area contributed by atoms with Crippen LogP contribution in [0, 0.1) is 13.8 Å². The van der Waals surface area contributed by atoms with Gasteiger partial charge in [0.25, 0.3) is 0 Å². The molecule has 0 bridgehead atoms. The smallest absolute Gasteiger partial charge is 0.340 e. The number of carbonyl (C=O) groups excluding carboxylic acids is 2. The Bertz CT molecular complexity index is 826. The Kier molecular flexibility index (Phi) is 6.22. The minimum atomic E-state index is -0.431. The van der Waals surface area contributed by atoms with Crippen molar-refractivity contribution in [3.05, 3.63) is 52.4 Å². The van der Waals surface area contributed by atoms with Gasteiger partial charge in [-0.25, -0.2) is 4.79 Å². The minimum Gasteiger partial charge on any atom is -0.497 e. The number of carbonyl (C=O) groups is 2. The summed E-state index contributed by atoms with van der Waals surface area (Å²) < 4.78 is 15.5. The van der Waals surface area contributed by atoms with Gasteiger partial charge in [0.1, 0.15) is 11.5 Å². The van der Waals surface area contributed by atoms with E-state index in [9.17, 15) is 9.59 Å². The molecular weight excluding hydrogens is 334 g/mol. The lowest BCUT2D eigenvalue weighted by atomic mass is 10.1. The van der Waals surface area contributed by atoms with E-state index < -0.39 is 5.97 Å². The molecule has 6 nitrogen and oxygen atoms in total. The van der Waals surface area contributed by atoms with Gasteiger partial charge in [-0.15, -0.1) is 0 Å². The molecule has 0 saturated carbocycles. The van der Waals surface area contributed by atoms with Crippen LogP contribution in [-0.4, -0.2) is 37.6 Å². The number of benzene rings is 1. The Hall–Kier alpha value is -3.02. The van der Waals surface area contributed by atoms with Crippen LogP contribution in [0.2, 0.25) is 0 Å². The predicted octanol–water partition coefficient (Wildman–Crippen LogP) is 3.72. The highest BCUT2D eigenvalue weighted by Gasteiger charge is 2.21. The summed E-state index contributed by atoms with van der Waals surface area (Å²) >= 11 is 0. The Labute approximate surface area is 152 Å². The maximum absolute atomic E-state index is 12.6. The van der Waals surface area contributed by atoms with Crippen molar-refractivity contribution in [1.82, 2.24) is 4.98 Å². The van der Waals surface area contributed by atoms with Crippen LogP contribution in [0.3, 0.4) is 0 Å². The molecule has 1 aromatic carbocycles. The number of aryl methyl sites for hydroxylation is 1. The third-order valence-corrected chi connectivity index (χ3v) is 3.96. The summed E-state index contributed by atoms with van der Waals surface area (Å²) in [6.07, 6.45) is 3.12. The van der Waals surface area contributed by atoms with Crippen LogP contribution in [0.25, 0.3) is 6.08 Å². The number of ketones is 1. The van der Waals surface area contributed by atoms with Crippen LogP contribution in [0.5, 0.6) is 11.5 Å². The predicted molar refractivity (Wildman–Crippen MR) is 99.1 cm³/mol. The molecule has 26 heavy (non-hydrogen) atoms. The lowest BCUT2D eigenvalue weighted by Crippen LogP contribution is -2.07. The van der Waals surface area contributed by atoms with Gasteiger partial charge >= 0.3 is 5.97 Å². The van der Waals surface area contributed by atoms with Crippen molar-refractivity contribution in [2.24, 2.45) is 0 Å². The number of aromatic amines is 1. The Morgan fingerprint density at radius 1 is 1.08 bits per heavy atom. The summed E-state index contributed by atoms with van der Waals surface area (Å²) in [7, 11) is 3.13. The normalized spacial score (nSPS) is 10.8. The summed E-state index contributed by atoms with van der Waals surface area (Å²) in [6.45, 7) is 5.49. The zero-order valence-corrected chi connectivity index (χ0v) is 15.6. The van der Waals surface area contributed by atoms with Crippen LogP contribution >= 0.6 is 0 Å². The monoisotopic (exact) mass is 357 g/mol. The number of methoxy groups -OCH3 is 2. The maximum atomic E-state index is 12.6. The number of aromatic nitrogens is 1. The zero-order valence-electron chi connectivity index (χ0n) is 15.6. The molecule has 0 saturated heterocycles. The summed E-state index contributed by atoms with van der Waals surface area (Å²) in [5.74, 6) is 0.600. The van der Waals surface area contributed by atoms with Crippen molar-refractivity contribution < 1.29 is 23.8 Å². The maximum Gasteiger partial charge on any atom is 0.340 e. The van der Waals surface area contributed by atoms with Crippen molar-refractivity contribution in [1.29, 1.82) is 0 Å². The van der Waals surface area contributed by atoms with E-state index in [0.717, 1.165) is 5.56 Å². The number of ether oxygens (including phenoxy) is 3. The first kappa shape index (κ1) is 19.3. The van der Waals surface area contributed by atoms with Crippen molar-refractivity contribution in [2.45, 2.75) is 20.8 Å². The van der Waals surface area contributed by atoms with Crippen LogP contribution in [0.1, 0.15) is 44.6 Å². The van der Waals surface area contributed by atoms with Crippen molar-refractivity contribution in [3.63, 3.8) is 0 Å². The van der Waals surface area contributed by atoms with E-state index >= 15 is 0 Å². The van der Waals surface area contributed by atoms with E-state index in [1.807, 2.05) is 0 Å². The van der Waals surface area contributed by atoms with E-state index in [1.54, 1.807) is 59.3 Å². The van der Waals surface area contributed by atoms with Crippen molar-refractivity contribution >= 4 is 17.8 Å². The van der Waals surface area contributed by atoms with Crippen LogP contribution in [0.15, 0.2) is 24.3 Å². The van der Waals surface area contributed by atoms with Gasteiger partial charge in [-0.3, -0.25) is 4.79 Å². The lowest BCUT2D eigenvalue weighted by Gasteiger charge is -2.05. The largest absolute Gasteiger partial charge is 0.497 e. The zero-order chi connectivity index (χ0) is 19.3. The molecule has 0 radical (unpaired) electrons. The number of nitrogens with one attached hydrogen (secondary N) is 1. The first-order valence-electron chi connectivity index (χ1n) is 8.23. The molecule has 0 aliphatic rings. The molecule has 0 aliphatic carbocycles. The second kappa shape index (κ2) is 8.38. The molecular formula is C20H23NO5. The molecule has 0 aliphatic heterocycles. The van der Waals surface area contributed by atoms with Gasteiger partial charge in [0.15, 0.2) is 0 Å². The van der Waals surface area contributed by atoms with E-state index in [-0.39, 0.29) is 12.4 Å². The van der Waals surface area contributed by atoms with Gasteiger partial charge in [0.05, 0.1) is 32.1 Å². The van der Waals surface area contributed by atoms with E-state index in [4.69, 9.17) is 14.2 Å². The molecule has 1 N–H and O–H groups in total. The molecule has 0 amide bonds. The molecule has 0 unspecified atom stereocenters. The fraction of sp³-hybridized carbons (Fsp3) is 0.300. The average molecular weight is 357 g/mol. The van der Waals surface area contributed by atoms with E-state index in [0.29, 0.717) is 34.0 Å². The lowest BCUT2D eigenvalue weighted by molar-refractivity contribution is 0.0525. The number of H-pyrrole nitrogens is 1. The molecule has 1 aromatic heterocycles. The molecule has 1 heterocycles. The second-order valence-corrected chi connectivity index (χ2v) is 5.69. The van der Waals surface area contributed by atoms with E-state index in [2.05, 4.69) is 4.98 Å². The first-order chi connectivity index (χ1) is 12.4.